The molecule has 4 heterocycles. The highest BCUT2D eigenvalue weighted by molar-refractivity contribution is 7.24. The molecule has 0 fully saturated rings. The molecule has 8 heteroatoms. The Kier molecular flexibility index (Phi) is 26.0. The normalized spacial score (nSPS) is 14.7. The smallest absolute Gasteiger partial charge is 0.114 e. The average Bonchev–Trinajstić information content (AvgIpc) is 1.53. The molecular formula is C81H118N4S4. The van der Waals surface area contributed by atoms with Gasteiger partial charge < -0.3 is 0 Å². The zero-order valence-electron chi connectivity index (χ0n) is 57.5. The first kappa shape index (κ1) is 68.6. The van der Waals surface area contributed by atoms with Gasteiger partial charge in [0, 0.05) is 52.4 Å². The third-order valence-electron chi connectivity index (χ3n) is 22.3. The summed E-state index contributed by atoms with van der Waals surface area (Å²) < 4.78 is 21.4. The maximum Gasteiger partial charge on any atom is 0.114 e. The van der Waals surface area contributed by atoms with Crippen LogP contribution in [0, 0.1) is 13.8 Å². The molecule has 7 aromatic rings. The molecule has 4 nitrogen and oxygen atoms in total. The molecule has 486 valence electrons. The number of unbranched alkanes of at least 4 members (excludes halogenated alkanes) is 36. The van der Waals surface area contributed by atoms with Gasteiger partial charge >= 0.3 is 0 Å². The predicted molar refractivity (Wildman–Crippen MR) is 395 cm³/mol. The minimum atomic E-state index is -0.132. The minimum Gasteiger partial charge on any atom is -0.173 e. The molecule has 0 saturated heterocycles. The molecule has 89 heavy (non-hydrogen) atoms. The number of rotatable bonds is 45. The summed E-state index contributed by atoms with van der Waals surface area (Å²) in [5.41, 5.74) is 22.1. The third-order valence-corrected chi connectivity index (χ3v) is 25.7. The molecule has 3 aliphatic carbocycles. The number of benzene rings is 3. The fourth-order valence-corrected chi connectivity index (χ4v) is 20.9. The van der Waals surface area contributed by atoms with E-state index < -0.39 is 0 Å². The highest BCUT2D eigenvalue weighted by Gasteiger charge is 2.50. The Morgan fingerprint density at radius 3 is 1.02 bits per heavy atom. The van der Waals surface area contributed by atoms with E-state index in [1.54, 1.807) is 22.3 Å². The van der Waals surface area contributed by atoms with Crippen LogP contribution in [-0.2, 0) is 16.2 Å². The average molecular weight is 1280 g/mol. The van der Waals surface area contributed by atoms with Gasteiger partial charge in [-0.1, -0.05) is 304 Å². The molecule has 3 aromatic carbocycles. The standard InChI is InChI=1S/C81H118N4S4/c1-9-13-17-21-25-29-33-37-41-45-49-80(50-46-42-38-34-30-26-22-18-14-10-2)64-56-62-65(55-61(64)71-66(80)53-59(5)73-75(71)84-88-82-73)81(51-47-43-39-35-31-27-23-19-15-11-3,52-48-44-40-36-32-28-24-20-16-12-4)67-57-63(74-76(72(62)67)85-89-83-74)70-58-69-78(87-70)77-68(79(69,7)8)54-60(6)86-77/h53-58H,9-52H2,1-8H3. The van der Waals surface area contributed by atoms with E-state index in [9.17, 15) is 0 Å². The summed E-state index contributed by atoms with van der Waals surface area (Å²) in [7, 11) is 0. The van der Waals surface area contributed by atoms with Crippen molar-refractivity contribution in [3.05, 3.63) is 80.2 Å². The van der Waals surface area contributed by atoms with Crippen molar-refractivity contribution in [3.8, 4) is 42.4 Å². The topological polar surface area (TPSA) is 51.6 Å². The first-order valence-electron chi connectivity index (χ1n) is 37.6. The Bertz CT molecular complexity index is 3260. The number of aryl methyl sites for hydroxylation is 2. The largest absolute Gasteiger partial charge is 0.173 e. The fourth-order valence-electron chi connectivity index (χ4n) is 17.1. The summed E-state index contributed by atoms with van der Waals surface area (Å²) in [6, 6.07) is 16.1. The van der Waals surface area contributed by atoms with Crippen molar-refractivity contribution in [2.45, 2.75) is 354 Å². The van der Waals surface area contributed by atoms with Gasteiger partial charge in [-0.3, -0.25) is 0 Å². The van der Waals surface area contributed by atoms with Gasteiger partial charge in [0.1, 0.15) is 22.1 Å². The van der Waals surface area contributed by atoms with E-state index in [4.69, 9.17) is 17.5 Å². The molecule has 0 spiro atoms. The molecular weight excluding hydrogens is 1160 g/mol. The van der Waals surface area contributed by atoms with E-state index in [0.29, 0.717) is 0 Å². The predicted octanol–water partition coefficient (Wildman–Crippen LogP) is 28.2. The van der Waals surface area contributed by atoms with Crippen LogP contribution in [0.15, 0.2) is 36.4 Å². The van der Waals surface area contributed by atoms with Gasteiger partial charge in [0.25, 0.3) is 0 Å². The second-order valence-corrected chi connectivity index (χ2v) is 32.7. The van der Waals surface area contributed by atoms with Crippen LogP contribution in [0.2, 0.25) is 0 Å². The van der Waals surface area contributed by atoms with Gasteiger partial charge in [0.05, 0.1) is 23.5 Å². The summed E-state index contributed by atoms with van der Waals surface area (Å²) in [6.07, 6.45) is 59.2. The SMILES string of the molecule is CCCCCCCCCCCCC1(CCCCCCCCCCCC)c2cc3c(cc2-c2c1cc(C)c1nsnc21)C(CCCCCCCCCCCC)(CCCCCCCCCCCC)c1cc(-c2cc4c(s2)-c2sc(C)cc2C4(C)C)c2nsnc2c1-3. The Labute approximate surface area is 558 Å². The van der Waals surface area contributed by atoms with Crippen molar-refractivity contribution in [3.63, 3.8) is 0 Å². The van der Waals surface area contributed by atoms with Gasteiger partial charge in [0.2, 0.25) is 0 Å². The van der Waals surface area contributed by atoms with Crippen LogP contribution in [0.3, 0.4) is 0 Å². The summed E-state index contributed by atoms with van der Waals surface area (Å²) in [5, 5.41) is 0. The van der Waals surface area contributed by atoms with Gasteiger partial charge in [-0.15, -0.1) is 22.7 Å². The van der Waals surface area contributed by atoms with Crippen LogP contribution in [0.25, 0.3) is 64.5 Å². The number of hydrogen-bond donors (Lipinski definition) is 0. The molecule has 10 rings (SSSR count). The molecule has 0 bridgehead atoms. The number of aromatic nitrogens is 4. The van der Waals surface area contributed by atoms with Crippen LogP contribution in [-0.4, -0.2) is 17.5 Å². The highest BCUT2D eigenvalue weighted by Crippen LogP contribution is 2.64. The zero-order chi connectivity index (χ0) is 62.1. The minimum absolute atomic E-state index is 0.0206. The molecule has 0 amide bonds. The van der Waals surface area contributed by atoms with Crippen LogP contribution >= 0.6 is 46.1 Å². The Morgan fingerprint density at radius 2 is 0.618 bits per heavy atom. The van der Waals surface area contributed by atoms with Crippen LogP contribution < -0.4 is 0 Å². The molecule has 0 N–H and O–H groups in total. The summed E-state index contributed by atoms with van der Waals surface area (Å²) in [4.78, 5) is 5.76. The van der Waals surface area contributed by atoms with E-state index in [-0.39, 0.29) is 16.2 Å². The number of hydrogen-bond acceptors (Lipinski definition) is 8. The first-order valence-corrected chi connectivity index (χ1v) is 40.7. The van der Waals surface area contributed by atoms with E-state index in [2.05, 4.69) is 91.8 Å². The molecule has 0 saturated carbocycles. The summed E-state index contributed by atoms with van der Waals surface area (Å²) in [6.45, 7) is 18.9. The van der Waals surface area contributed by atoms with Crippen molar-refractivity contribution < 1.29 is 0 Å². The second kappa shape index (κ2) is 33.7. The number of fused-ring (bicyclic) bond motifs is 13. The van der Waals surface area contributed by atoms with Crippen molar-refractivity contribution in [2.75, 3.05) is 0 Å². The van der Waals surface area contributed by atoms with Crippen LogP contribution in [0.1, 0.15) is 368 Å². The summed E-state index contributed by atoms with van der Waals surface area (Å²) in [5.74, 6) is 0. The van der Waals surface area contributed by atoms with Crippen LogP contribution in [0.5, 0.6) is 0 Å². The molecule has 4 aromatic heterocycles. The number of thiophene rings is 2. The number of nitrogens with zero attached hydrogens (tertiary/aromatic N) is 4. The van der Waals surface area contributed by atoms with Gasteiger partial charge in [-0.2, -0.15) is 17.5 Å². The maximum atomic E-state index is 5.53. The molecule has 0 radical (unpaired) electrons. The van der Waals surface area contributed by atoms with Crippen LogP contribution in [0.4, 0.5) is 0 Å². The summed E-state index contributed by atoms with van der Waals surface area (Å²) >= 11 is 6.92. The second-order valence-electron chi connectivity index (χ2n) is 29.3. The van der Waals surface area contributed by atoms with Gasteiger partial charge in [0.15, 0.2) is 0 Å². The quantitative estimate of drug-likeness (QED) is 0.0357. The van der Waals surface area contributed by atoms with Gasteiger partial charge in [-0.25, -0.2) is 0 Å². The van der Waals surface area contributed by atoms with Crippen molar-refractivity contribution in [1.29, 1.82) is 0 Å². The van der Waals surface area contributed by atoms with Crippen molar-refractivity contribution in [1.82, 2.24) is 17.5 Å². The van der Waals surface area contributed by atoms with Crippen molar-refractivity contribution >= 4 is 68.2 Å². The highest BCUT2D eigenvalue weighted by atomic mass is 32.1. The van der Waals surface area contributed by atoms with E-state index >= 15 is 0 Å². The van der Waals surface area contributed by atoms with Crippen molar-refractivity contribution in [2.24, 2.45) is 0 Å². The molecule has 0 atom stereocenters. The lowest BCUT2D eigenvalue weighted by Crippen LogP contribution is -2.27. The van der Waals surface area contributed by atoms with E-state index in [1.165, 1.54) is 370 Å². The fraction of sp³-hybridized carbons (Fsp3) is 0.679. The lowest BCUT2D eigenvalue weighted by molar-refractivity contribution is 0.393. The third kappa shape index (κ3) is 15.6. The van der Waals surface area contributed by atoms with E-state index in [0.717, 1.165) is 22.1 Å². The van der Waals surface area contributed by atoms with Gasteiger partial charge in [-0.05, 0) is 120 Å². The lowest BCUT2D eigenvalue weighted by Gasteiger charge is -2.35. The zero-order valence-corrected chi connectivity index (χ0v) is 60.8. The monoisotopic (exact) mass is 1270 g/mol. The lowest BCUT2D eigenvalue weighted by atomic mass is 9.68. The Morgan fingerprint density at radius 1 is 0.303 bits per heavy atom. The Hall–Kier alpha value is -3.30. The van der Waals surface area contributed by atoms with E-state index in [1.807, 2.05) is 22.7 Å². The first-order chi connectivity index (χ1) is 43.6. The maximum absolute atomic E-state index is 5.53. The molecule has 3 aliphatic rings. The molecule has 0 aliphatic heterocycles. The Balaban J connectivity index is 1.08. The molecule has 0 unspecified atom stereocenters.